The summed E-state index contributed by atoms with van der Waals surface area (Å²) in [5, 5.41) is 3.39. The predicted octanol–water partition coefficient (Wildman–Crippen LogP) is 4.27. The zero-order valence-electron chi connectivity index (χ0n) is 12.8. The summed E-state index contributed by atoms with van der Waals surface area (Å²) in [7, 11) is 0. The predicted molar refractivity (Wildman–Crippen MR) is 87.4 cm³/mol. The van der Waals surface area contributed by atoms with Crippen molar-refractivity contribution in [3.63, 3.8) is 0 Å². The van der Waals surface area contributed by atoms with Gasteiger partial charge in [-0.1, -0.05) is 24.3 Å². The SMILES string of the molecule is CCOc1ccccc1NCCCOc1cccc(C)c1. The van der Waals surface area contributed by atoms with Gasteiger partial charge in [-0.3, -0.25) is 0 Å². The van der Waals surface area contributed by atoms with Crippen LogP contribution in [0.1, 0.15) is 18.9 Å². The molecule has 1 N–H and O–H groups in total. The summed E-state index contributed by atoms with van der Waals surface area (Å²) in [5.74, 6) is 1.84. The highest BCUT2D eigenvalue weighted by Gasteiger charge is 2.01. The zero-order valence-corrected chi connectivity index (χ0v) is 12.8. The monoisotopic (exact) mass is 285 g/mol. The Kier molecular flexibility index (Phi) is 5.95. The van der Waals surface area contributed by atoms with Gasteiger partial charge in [-0.2, -0.15) is 0 Å². The summed E-state index contributed by atoms with van der Waals surface area (Å²) in [6.07, 6.45) is 0.939. The third-order valence-corrected chi connectivity index (χ3v) is 3.08. The van der Waals surface area contributed by atoms with E-state index in [0.717, 1.165) is 30.2 Å². The van der Waals surface area contributed by atoms with E-state index in [1.807, 2.05) is 43.3 Å². The van der Waals surface area contributed by atoms with E-state index >= 15 is 0 Å². The normalized spacial score (nSPS) is 10.2. The topological polar surface area (TPSA) is 30.5 Å². The van der Waals surface area contributed by atoms with Crippen molar-refractivity contribution in [1.82, 2.24) is 0 Å². The van der Waals surface area contributed by atoms with Gasteiger partial charge in [0.2, 0.25) is 0 Å². The van der Waals surface area contributed by atoms with Crippen molar-refractivity contribution in [2.75, 3.05) is 25.1 Å². The Labute approximate surface area is 126 Å². The summed E-state index contributed by atoms with van der Waals surface area (Å²) in [6, 6.07) is 16.1. The molecule has 0 amide bonds. The quantitative estimate of drug-likeness (QED) is 0.735. The van der Waals surface area contributed by atoms with Gasteiger partial charge in [-0.25, -0.2) is 0 Å². The number of hydrogen-bond acceptors (Lipinski definition) is 3. The van der Waals surface area contributed by atoms with Crippen molar-refractivity contribution >= 4 is 5.69 Å². The molecule has 0 fully saturated rings. The summed E-state index contributed by atoms with van der Waals surface area (Å²) < 4.78 is 11.3. The second kappa shape index (κ2) is 8.20. The minimum atomic E-state index is 0.676. The molecule has 21 heavy (non-hydrogen) atoms. The zero-order chi connectivity index (χ0) is 14.9. The van der Waals surface area contributed by atoms with E-state index in [1.165, 1.54) is 5.56 Å². The number of aryl methyl sites for hydroxylation is 1. The molecule has 0 aromatic heterocycles. The van der Waals surface area contributed by atoms with Crippen LogP contribution in [0.3, 0.4) is 0 Å². The van der Waals surface area contributed by atoms with Crippen molar-refractivity contribution in [2.45, 2.75) is 20.3 Å². The lowest BCUT2D eigenvalue weighted by molar-refractivity contribution is 0.314. The van der Waals surface area contributed by atoms with Gasteiger partial charge in [0.15, 0.2) is 0 Å². The maximum atomic E-state index is 5.73. The number of ether oxygens (including phenoxy) is 2. The van der Waals surface area contributed by atoms with Crippen molar-refractivity contribution in [1.29, 1.82) is 0 Å². The van der Waals surface area contributed by atoms with Crippen molar-refractivity contribution in [2.24, 2.45) is 0 Å². The molecule has 3 nitrogen and oxygen atoms in total. The fraction of sp³-hybridized carbons (Fsp3) is 0.333. The average Bonchev–Trinajstić information content (AvgIpc) is 2.49. The third-order valence-electron chi connectivity index (χ3n) is 3.08. The molecule has 0 heterocycles. The fourth-order valence-corrected chi connectivity index (χ4v) is 2.08. The van der Waals surface area contributed by atoms with Crippen LogP contribution in [0.15, 0.2) is 48.5 Å². The van der Waals surface area contributed by atoms with E-state index in [1.54, 1.807) is 0 Å². The number of para-hydroxylation sites is 2. The average molecular weight is 285 g/mol. The van der Waals surface area contributed by atoms with E-state index < -0.39 is 0 Å². The Morgan fingerprint density at radius 2 is 1.86 bits per heavy atom. The van der Waals surface area contributed by atoms with E-state index in [0.29, 0.717) is 13.2 Å². The Balaban J connectivity index is 1.72. The first-order valence-corrected chi connectivity index (χ1v) is 7.44. The van der Waals surface area contributed by atoms with E-state index in [9.17, 15) is 0 Å². The molecule has 3 heteroatoms. The molecule has 0 aliphatic heterocycles. The molecule has 2 aromatic rings. The van der Waals surface area contributed by atoms with Crippen LogP contribution in [-0.2, 0) is 0 Å². The lowest BCUT2D eigenvalue weighted by atomic mass is 10.2. The molecule has 2 aromatic carbocycles. The molecule has 0 saturated heterocycles. The van der Waals surface area contributed by atoms with E-state index in [4.69, 9.17) is 9.47 Å². The van der Waals surface area contributed by atoms with Crippen molar-refractivity contribution in [3.8, 4) is 11.5 Å². The van der Waals surface area contributed by atoms with Crippen LogP contribution in [-0.4, -0.2) is 19.8 Å². The second-order valence-corrected chi connectivity index (χ2v) is 4.87. The van der Waals surface area contributed by atoms with Crippen LogP contribution in [0, 0.1) is 6.92 Å². The molecule has 0 bridgehead atoms. The van der Waals surface area contributed by atoms with Gasteiger partial charge in [-0.05, 0) is 50.1 Å². The Bertz CT molecular complexity index is 554. The maximum Gasteiger partial charge on any atom is 0.142 e. The first-order chi connectivity index (χ1) is 10.3. The molecular weight excluding hydrogens is 262 g/mol. The molecular formula is C18H23NO2. The summed E-state index contributed by atoms with van der Waals surface area (Å²) >= 11 is 0. The number of hydrogen-bond donors (Lipinski definition) is 1. The minimum Gasteiger partial charge on any atom is -0.494 e. The van der Waals surface area contributed by atoms with Gasteiger partial charge in [0.25, 0.3) is 0 Å². The third kappa shape index (κ3) is 5.03. The fourth-order valence-electron chi connectivity index (χ4n) is 2.08. The van der Waals surface area contributed by atoms with Gasteiger partial charge in [0.05, 0.1) is 18.9 Å². The molecule has 0 aliphatic carbocycles. The second-order valence-electron chi connectivity index (χ2n) is 4.87. The van der Waals surface area contributed by atoms with Crippen LogP contribution < -0.4 is 14.8 Å². The standard InChI is InChI=1S/C18H23NO2/c1-3-20-18-11-5-4-10-17(18)19-12-7-13-21-16-9-6-8-15(2)14-16/h4-6,8-11,14,19H,3,7,12-13H2,1-2H3. The van der Waals surface area contributed by atoms with Gasteiger partial charge >= 0.3 is 0 Å². The molecule has 0 radical (unpaired) electrons. The highest BCUT2D eigenvalue weighted by Crippen LogP contribution is 2.23. The van der Waals surface area contributed by atoms with Crippen LogP contribution >= 0.6 is 0 Å². The number of benzene rings is 2. The van der Waals surface area contributed by atoms with E-state index in [2.05, 4.69) is 24.4 Å². The largest absolute Gasteiger partial charge is 0.494 e. The first-order valence-electron chi connectivity index (χ1n) is 7.44. The van der Waals surface area contributed by atoms with Crippen molar-refractivity contribution in [3.05, 3.63) is 54.1 Å². The molecule has 0 unspecified atom stereocenters. The lowest BCUT2D eigenvalue weighted by Crippen LogP contribution is -2.08. The lowest BCUT2D eigenvalue weighted by Gasteiger charge is -2.12. The molecule has 0 saturated carbocycles. The summed E-state index contributed by atoms with van der Waals surface area (Å²) in [4.78, 5) is 0. The van der Waals surface area contributed by atoms with Gasteiger partial charge in [0.1, 0.15) is 11.5 Å². The van der Waals surface area contributed by atoms with Crippen LogP contribution in [0.25, 0.3) is 0 Å². The van der Waals surface area contributed by atoms with Crippen LogP contribution in [0.2, 0.25) is 0 Å². The molecule has 0 atom stereocenters. The maximum absolute atomic E-state index is 5.73. The van der Waals surface area contributed by atoms with E-state index in [-0.39, 0.29) is 0 Å². The highest BCUT2D eigenvalue weighted by molar-refractivity contribution is 5.56. The number of nitrogens with one attached hydrogen (secondary N) is 1. The van der Waals surface area contributed by atoms with Crippen LogP contribution in [0.5, 0.6) is 11.5 Å². The number of anilines is 1. The Morgan fingerprint density at radius 3 is 2.67 bits per heavy atom. The Hall–Kier alpha value is -2.16. The van der Waals surface area contributed by atoms with Crippen molar-refractivity contribution < 1.29 is 9.47 Å². The summed E-state index contributed by atoms with van der Waals surface area (Å²) in [5.41, 5.74) is 2.26. The molecule has 0 aliphatic rings. The molecule has 2 rings (SSSR count). The molecule has 0 spiro atoms. The minimum absolute atomic E-state index is 0.676. The Morgan fingerprint density at radius 1 is 1.00 bits per heavy atom. The first kappa shape index (κ1) is 15.2. The molecule has 112 valence electrons. The highest BCUT2D eigenvalue weighted by atomic mass is 16.5. The number of rotatable bonds is 8. The van der Waals surface area contributed by atoms with Gasteiger partial charge in [0, 0.05) is 6.54 Å². The smallest absolute Gasteiger partial charge is 0.142 e. The van der Waals surface area contributed by atoms with Gasteiger partial charge in [-0.15, -0.1) is 0 Å². The van der Waals surface area contributed by atoms with Gasteiger partial charge < -0.3 is 14.8 Å². The van der Waals surface area contributed by atoms with Crippen LogP contribution in [0.4, 0.5) is 5.69 Å². The summed E-state index contributed by atoms with van der Waals surface area (Å²) in [6.45, 7) is 6.30.